The van der Waals surface area contributed by atoms with E-state index in [-0.39, 0.29) is 0 Å². The molecule has 0 radical (unpaired) electrons. The monoisotopic (exact) mass is 310 g/mol. The second kappa shape index (κ2) is 7.51. The molecule has 1 N–H and O–H groups in total. The maximum absolute atomic E-state index is 9.33. The number of likely N-dealkylation sites (N-methyl/N-ethyl adjacent to an activating group) is 1. The van der Waals surface area contributed by atoms with Crippen LogP contribution in [0.5, 0.6) is 5.75 Å². The predicted octanol–water partition coefficient (Wildman–Crippen LogP) is 3.39. The molecule has 1 saturated heterocycles. The van der Waals surface area contributed by atoms with Crippen molar-refractivity contribution in [1.82, 2.24) is 4.90 Å². The number of aromatic hydroxyl groups is 1. The van der Waals surface area contributed by atoms with Gasteiger partial charge in [-0.1, -0.05) is 30.3 Å². The van der Waals surface area contributed by atoms with Crippen molar-refractivity contribution in [1.29, 1.82) is 0 Å². The molecule has 1 atom stereocenters. The van der Waals surface area contributed by atoms with E-state index in [9.17, 15) is 5.11 Å². The second-order valence-electron chi connectivity index (χ2n) is 6.61. The van der Waals surface area contributed by atoms with Crippen molar-refractivity contribution >= 4 is 5.69 Å². The van der Waals surface area contributed by atoms with Gasteiger partial charge in [0.2, 0.25) is 0 Å². The van der Waals surface area contributed by atoms with Gasteiger partial charge in [-0.2, -0.15) is 0 Å². The third kappa shape index (κ3) is 4.49. The molecule has 1 aliphatic heterocycles. The molecule has 1 unspecified atom stereocenters. The number of phenolic OH excluding ortho intramolecular Hbond substituents is 1. The number of hydrogen-bond acceptors (Lipinski definition) is 3. The number of hydrogen-bond donors (Lipinski definition) is 1. The fourth-order valence-corrected chi connectivity index (χ4v) is 3.37. The molecule has 3 heteroatoms. The lowest BCUT2D eigenvalue weighted by atomic mass is 10.1. The lowest BCUT2D eigenvalue weighted by molar-refractivity contribution is 0.290. The van der Waals surface area contributed by atoms with Crippen molar-refractivity contribution in [3.05, 3.63) is 60.2 Å². The highest BCUT2D eigenvalue weighted by atomic mass is 16.3. The summed E-state index contributed by atoms with van der Waals surface area (Å²) in [7, 11) is 2.21. The first-order valence-corrected chi connectivity index (χ1v) is 8.47. The molecule has 3 rings (SSSR count). The molecule has 0 bridgehead atoms. The van der Waals surface area contributed by atoms with Crippen LogP contribution >= 0.6 is 0 Å². The minimum Gasteiger partial charge on any atom is -0.508 e. The number of rotatable bonds is 6. The highest BCUT2D eigenvalue weighted by Gasteiger charge is 2.23. The summed E-state index contributed by atoms with van der Waals surface area (Å²) in [5, 5.41) is 9.33. The van der Waals surface area contributed by atoms with Gasteiger partial charge in [0.05, 0.1) is 0 Å². The van der Waals surface area contributed by atoms with E-state index in [2.05, 4.69) is 47.2 Å². The number of phenols is 1. The largest absolute Gasteiger partial charge is 0.508 e. The van der Waals surface area contributed by atoms with Crippen LogP contribution in [0.25, 0.3) is 0 Å². The smallest absolute Gasteiger partial charge is 0.115 e. The lowest BCUT2D eigenvalue weighted by Crippen LogP contribution is -2.29. The van der Waals surface area contributed by atoms with Crippen molar-refractivity contribution in [3.8, 4) is 5.75 Å². The number of para-hydroxylation sites is 1. The average Bonchev–Trinajstić information content (AvgIpc) is 3.04. The summed E-state index contributed by atoms with van der Waals surface area (Å²) in [5.41, 5.74) is 2.63. The van der Waals surface area contributed by atoms with Gasteiger partial charge in [-0.05, 0) is 55.6 Å². The first kappa shape index (κ1) is 15.9. The lowest BCUT2D eigenvalue weighted by Gasteiger charge is -2.22. The zero-order valence-electron chi connectivity index (χ0n) is 13.9. The molecule has 23 heavy (non-hydrogen) atoms. The van der Waals surface area contributed by atoms with E-state index < -0.39 is 0 Å². The molecular weight excluding hydrogens is 284 g/mol. The van der Waals surface area contributed by atoms with Gasteiger partial charge in [-0.25, -0.2) is 0 Å². The number of anilines is 1. The van der Waals surface area contributed by atoms with Gasteiger partial charge >= 0.3 is 0 Å². The summed E-state index contributed by atoms with van der Waals surface area (Å²) in [5.74, 6) is 1.09. The highest BCUT2D eigenvalue weighted by molar-refractivity contribution is 5.46. The van der Waals surface area contributed by atoms with Crippen LogP contribution in [0.15, 0.2) is 54.6 Å². The van der Waals surface area contributed by atoms with E-state index in [4.69, 9.17) is 0 Å². The number of nitrogens with zero attached hydrogens (tertiary/aromatic N) is 2. The third-order valence-corrected chi connectivity index (χ3v) is 4.70. The molecule has 1 fully saturated rings. The molecular formula is C20H26N2O. The van der Waals surface area contributed by atoms with Crippen LogP contribution in [0.3, 0.4) is 0 Å². The Bertz CT molecular complexity index is 597. The maximum atomic E-state index is 9.33. The van der Waals surface area contributed by atoms with Gasteiger partial charge in [-0.15, -0.1) is 0 Å². The van der Waals surface area contributed by atoms with Gasteiger partial charge in [0.15, 0.2) is 0 Å². The zero-order valence-corrected chi connectivity index (χ0v) is 13.9. The van der Waals surface area contributed by atoms with Crippen molar-refractivity contribution in [3.63, 3.8) is 0 Å². The average molecular weight is 310 g/mol. The van der Waals surface area contributed by atoms with Crippen LogP contribution in [0.1, 0.15) is 12.0 Å². The fraction of sp³-hybridized carbons (Fsp3) is 0.400. The Kier molecular flexibility index (Phi) is 5.19. The zero-order chi connectivity index (χ0) is 16.1. The molecule has 1 heterocycles. The standard InChI is InChI=1S/C20H26N2O/c1-21(13-11-17-7-9-20(23)10-8-17)15-18-12-14-22(16-18)19-5-3-2-4-6-19/h2-10,18,23H,11-16H2,1H3. The number of benzene rings is 2. The molecule has 122 valence electrons. The summed E-state index contributed by atoms with van der Waals surface area (Å²) in [4.78, 5) is 4.94. The van der Waals surface area contributed by atoms with Crippen LogP contribution < -0.4 is 4.90 Å². The van der Waals surface area contributed by atoms with Gasteiger partial charge < -0.3 is 14.9 Å². The quantitative estimate of drug-likeness (QED) is 0.886. The molecule has 0 spiro atoms. The fourth-order valence-electron chi connectivity index (χ4n) is 3.37. The Labute approximate surface area is 139 Å². The van der Waals surface area contributed by atoms with Gasteiger partial charge in [0.1, 0.15) is 5.75 Å². The summed E-state index contributed by atoms with van der Waals surface area (Å²) in [6.45, 7) is 4.54. The Morgan fingerprint density at radius 2 is 1.83 bits per heavy atom. The summed E-state index contributed by atoms with van der Waals surface area (Å²) >= 11 is 0. The highest BCUT2D eigenvalue weighted by Crippen LogP contribution is 2.24. The van der Waals surface area contributed by atoms with Crippen LogP contribution in [-0.4, -0.2) is 43.2 Å². The molecule has 3 nitrogen and oxygen atoms in total. The summed E-state index contributed by atoms with van der Waals surface area (Å²) < 4.78 is 0. The van der Waals surface area contributed by atoms with E-state index in [1.807, 2.05) is 12.1 Å². The van der Waals surface area contributed by atoms with Crippen LogP contribution in [0.2, 0.25) is 0 Å². The van der Waals surface area contributed by atoms with Crippen molar-refractivity contribution in [2.24, 2.45) is 5.92 Å². The molecule has 2 aromatic rings. The molecule has 0 amide bonds. The van der Waals surface area contributed by atoms with Gasteiger partial charge in [0, 0.05) is 31.9 Å². The van der Waals surface area contributed by atoms with Crippen molar-refractivity contribution in [2.75, 3.05) is 38.1 Å². The first-order chi connectivity index (χ1) is 11.2. The molecule has 2 aromatic carbocycles. The minimum absolute atomic E-state index is 0.342. The first-order valence-electron chi connectivity index (χ1n) is 8.47. The minimum atomic E-state index is 0.342. The molecule has 1 aliphatic rings. The topological polar surface area (TPSA) is 26.7 Å². The van der Waals surface area contributed by atoms with E-state index >= 15 is 0 Å². The Balaban J connectivity index is 1.44. The second-order valence-corrected chi connectivity index (χ2v) is 6.61. The normalized spacial score (nSPS) is 17.8. The SMILES string of the molecule is CN(CCc1ccc(O)cc1)CC1CCN(c2ccccc2)C1. The molecule has 0 aliphatic carbocycles. The summed E-state index contributed by atoms with van der Waals surface area (Å²) in [6.07, 6.45) is 2.31. The van der Waals surface area contributed by atoms with E-state index in [0.717, 1.165) is 32.0 Å². The van der Waals surface area contributed by atoms with Crippen LogP contribution in [-0.2, 0) is 6.42 Å². The van der Waals surface area contributed by atoms with Crippen LogP contribution in [0.4, 0.5) is 5.69 Å². The van der Waals surface area contributed by atoms with Gasteiger partial charge in [-0.3, -0.25) is 0 Å². The predicted molar refractivity (Wildman–Crippen MR) is 96.1 cm³/mol. The Morgan fingerprint density at radius 3 is 2.57 bits per heavy atom. The van der Waals surface area contributed by atoms with Crippen molar-refractivity contribution in [2.45, 2.75) is 12.8 Å². The van der Waals surface area contributed by atoms with Crippen molar-refractivity contribution < 1.29 is 5.11 Å². The van der Waals surface area contributed by atoms with Gasteiger partial charge in [0.25, 0.3) is 0 Å². The van der Waals surface area contributed by atoms with E-state index in [1.165, 1.54) is 24.2 Å². The Morgan fingerprint density at radius 1 is 1.09 bits per heavy atom. The van der Waals surface area contributed by atoms with E-state index in [1.54, 1.807) is 12.1 Å². The summed E-state index contributed by atoms with van der Waals surface area (Å²) in [6, 6.07) is 18.3. The maximum Gasteiger partial charge on any atom is 0.115 e. The van der Waals surface area contributed by atoms with Crippen LogP contribution in [0, 0.1) is 5.92 Å². The molecule has 0 aromatic heterocycles. The third-order valence-electron chi connectivity index (χ3n) is 4.70. The van der Waals surface area contributed by atoms with E-state index in [0.29, 0.717) is 5.75 Å². The molecule has 0 saturated carbocycles. The Hall–Kier alpha value is -2.00.